The topological polar surface area (TPSA) is 150 Å². The molecule has 2 saturated heterocycles. The molecule has 13 nitrogen and oxygen atoms in total. The largest absolute Gasteiger partial charge is 0.506 e. The van der Waals surface area contributed by atoms with E-state index in [1.54, 1.807) is 18.2 Å². The van der Waals surface area contributed by atoms with Crippen molar-refractivity contribution >= 4 is 40.5 Å². The molecule has 2 aromatic carbocycles. The summed E-state index contributed by atoms with van der Waals surface area (Å²) in [6.07, 6.45) is 9.12. The van der Waals surface area contributed by atoms with E-state index in [-0.39, 0.29) is 47.5 Å². The Balaban J connectivity index is 0.811. The first-order valence-electron chi connectivity index (χ1n) is 21.4. The number of thiophene rings is 1. The SMILES string of the molecule is CC(=O)c1ccc(C(=O)N2CCOC3(CCN(Cc4cccc(CCOCCC(=O)N(CCNCCc5ccc(O)c6c5OCC(=O)N6)C5CCCCC5)c4)CC3)C2)s1. The summed E-state index contributed by atoms with van der Waals surface area (Å²) in [5.41, 5.74) is 3.38. The molecular formula is C45H59N5O8S. The van der Waals surface area contributed by atoms with Crippen LogP contribution in [0.1, 0.15) is 94.3 Å². The van der Waals surface area contributed by atoms with Crippen LogP contribution in [0.2, 0.25) is 0 Å². The number of likely N-dealkylation sites (tertiary alicyclic amines) is 1. The van der Waals surface area contributed by atoms with Gasteiger partial charge in [0.1, 0.15) is 11.4 Å². The molecular weight excluding hydrogens is 771 g/mol. The first-order chi connectivity index (χ1) is 28.7. The van der Waals surface area contributed by atoms with Crippen LogP contribution in [0.3, 0.4) is 0 Å². The molecule has 4 heterocycles. The number of hydrogen-bond donors (Lipinski definition) is 3. The summed E-state index contributed by atoms with van der Waals surface area (Å²) in [6, 6.07) is 15.8. The first-order valence-corrected chi connectivity index (χ1v) is 22.2. The van der Waals surface area contributed by atoms with Crippen LogP contribution in [-0.2, 0) is 38.4 Å². The van der Waals surface area contributed by atoms with E-state index in [1.807, 2.05) is 11.0 Å². The number of hydrogen-bond acceptors (Lipinski definition) is 11. The van der Waals surface area contributed by atoms with E-state index >= 15 is 0 Å². The summed E-state index contributed by atoms with van der Waals surface area (Å²) in [7, 11) is 0. The van der Waals surface area contributed by atoms with Crippen LogP contribution in [0.4, 0.5) is 5.69 Å². The number of ketones is 1. The molecule has 1 spiro atoms. The number of carbonyl (C=O) groups is 4. The van der Waals surface area contributed by atoms with Gasteiger partial charge in [-0.05, 0) is 86.9 Å². The number of nitrogens with one attached hydrogen (secondary N) is 2. The van der Waals surface area contributed by atoms with E-state index in [2.05, 4.69) is 44.7 Å². The van der Waals surface area contributed by atoms with Crippen LogP contribution in [-0.4, -0.2) is 127 Å². The van der Waals surface area contributed by atoms with Crippen LogP contribution < -0.4 is 15.4 Å². The monoisotopic (exact) mass is 829 g/mol. The van der Waals surface area contributed by atoms with Crippen molar-refractivity contribution in [2.75, 3.05) is 77.6 Å². The Morgan fingerprint density at radius 2 is 1.78 bits per heavy atom. The van der Waals surface area contributed by atoms with Gasteiger partial charge in [-0.3, -0.25) is 24.1 Å². The van der Waals surface area contributed by atoms with Gasteiger partial charge in [0.25, 0.3) is 11.8 Å². The van der Waals surface area contributed by atoms with Gasteiger partial charge >= 0.3 is 0 Å². The molecule has 1 aliphatic carbocycles. The molecule has 3 aromatic rings. The highest BCUT2D eigenvalue weighted by atomic mass is 32.1. The fourth-order valence-corrected chi connectivity index (χ4v) is 9.71. The van der Waals surface area contributed by atoms with Gasteiger partial charge in [0, 0.05) is 45.3 Å². The number of morpholine rings is 1. The number of fused-ring (bicyclic) bond motifs is 1. The maximum atomic E-state index is 13.5. The summed E-state index contributed by atoms with van der Waals surface area (Å²) < 4.78 is 18.0. The van der Waals surface area contributed by atoms with Gasteiger partial charge < -0.3 is 39.8 Å². The van der Waals surface area contributed by atoms with Gasteiger partial charge in [-0.2, -0.15) is 0 Å². The second-order valence-corrected chi connectivity index (χ2v) is 17.4. The summed E-state index contributed by atoms with van der Waals surface area (Å²) in [5.74, 6) is 0.339. The van der Waals surface area contributed by atoms with Gasteiger partial charge in [0.2, 0.25) is 5.91 Å². The maximum absolute atomic E-state index is 13.5. The summed E-state index contributed by atoms with van der Waals surface area (Å²) in [4.78, 5) is 58.0. The molecule has 3 N–H and O–H groups in total. The molecule has 14 heteroatoms. The summed E-state index contributed by atoms with van der Waals surface area (Å²) in [6.45, 7) is 8.69. The number of anilines is 1. The third-order valence-electron chi connectivity index (χ3n) is 12.1. The Hall–Kier alpha value is -4.34. The first kappa shape index (κ1) is 42.8. The lowest BCUT2D eigenvalue weighted by molar-refractivity contribution is -0.135. The van der Waals surface area contributed by atoms with Crippen molar-refractivity contribution < 1.29 is 38.5 Å². The Morgan fingerprint density at radius 3 is 2.58 bits per heavy atom. The zero-order chi connectivity index (χ0) is 41.2. The van der Waals surface area contributed by atoms with Crippen molar-refractivity contribution in [1.29, 1.82) is 0 Å². The number of carbonyl (C=O) groups excluding carboxylic acids is 4. The number of phenolic OH excluding ortho intramolecular Hbond substituents is 1. The Bertz CT molecular complexity index is 1940. The Kier molecular flexibility index (Phi) is 14.7. The standard InChI is InChI=1S/C45H59N5O8S/c1-32(51)38-12-13-39(59-38)44(55)49-24-27-58-45(31-49)17-21-48(22-18-45)29-34-7-5-6-33(28-34)15-25-56-26-16-41(54)50(36-8-3-2-4-9-36)23-20-46-19-14-35-10-11-37(52)42-43(35)57-30-40(53)47-42/h5-7,10-13,28,36,46,52H,2-4,8-9,14-27,29-31H2,1H3,(H,47,53). The number of nitrogens with zero attached hydrogens (tertiary/aromatic N) is 3. The second-order valence-electron chi connectivity index (χ2n) is 16.4. The van der Waals surface area contributed by atoms with E-state index in [0.717, 1.165) is 70.1 Å². The average molecular weight is 830 g/mol. The van der Waals surface area contributed by atoms with Crippen molar-refractivity contribution in [2.24, 2.45) is 0 Å². The van der Waals surface area contributed by atoms with Crippen molar-refractivity contribution in [2.45, 2.75) is 89.3 Å². The number of benzene rings is 2. The van der Waals surface area contributed by atoms with E-state index < -0.39 is 0 Å². The van der Waals surface area contributed by atoms with Gasteiger partial charge in [0.05, 0.1) is 48.1 Å². The average Bonchev–Trinajstić information content (AvgIpc) is 3.75. The van der Waals surface area contributed by atoms with Crippen molar-refractivity contribution in [1.82, 2.24) is 20.0 Å². The highest BCUT2D eigenvalue weighted by Gasteiger charge is 2.41. The zero-order valence-electron chi connectivity index (χ0n) is 34.3. The molecule has 3 amide bonds. The van der Waals surface area contributed by atoms with E-state index in [4.69, 9.17) is 14.2 Å². The number of phenols is 1. The molecule has 0 bridgehead atoms. The lowest BCUT2D eigenvalue weighted by atomic mass is 9.89. The number of rotatable bonds is 17. The van der Waals surface area contributed by atoms with Gasteiger partial charge in [-0.15, -0.1) is 11.3 Å². The molecule has 7 rings (SSSR count). The lowest BCUT2D eigenvalue weighted by Crippen LogP contribution is -2.57. The fraction of sp³-hybridized carbons (Fsp3) is 0.556. The quantitative estimate of drug-likeness (QED) is 0.0913. The molecule has 3 aliphatic heterocycles. The van der Waals surface area contributed by atoms with Crippen LogP contribution >= 0.6 is 11.3 Å². The van der Waals surface area contributed by atoms with Crippen LogP contribution in [0.5, 0.6) is 11.5 Å². The normalized spacial score (nSPS) is 18.3. The number of Topliss-reactive ketones (excluding diaryl/α,β-unsaturated/α-hetero) is 1. The van der Waals surface area contributed by atoms with E-state index in [1.165, 1.54) is 35.8 Å². The number of amides is 3. The Morgan fingerprint density at radius 1 is 0.983 bits per heavy atom. The predicted molar refractivity (Wildman–Crippen MR) is 226 cm³/mol. The van der Waals surface area contributed by atoms with Gasteiger partial charge in [-0.25, -0.2) is 0 Å². The van der Waals surface area contributed by atoms with Crippen LogP contribution in [0.25, 0.3) is 0 Å². The van der Waals surface area contributed by atoms with Gasteiger partial charge in [-0.1, -0.05) is 49.6 Å². The minimum atomic E-state index is -0.329. The zero-order valence-corrected chi connectivity index (χ0v) is 35.1. The highest BCUT2D eigenvalue weighted by molar-refractivity contribution is 7.15. The molecule has 0 atom stereocenters. The molecule has 3 fully saturated rings. The fourth-order valence-electron chi connectivity index (χ4n) is 8.84. The maximum Gasteiger partial charge on any atom is 0.264 e. The molecule has 1 aromatic heterocycles. The summed E-state index contributed by atoms with van der Waals surface area (Å²) in [5, 5.41) is 16.3. The third kappa shape index (κ3) is 11.3. The van der Waals surface area contributed by atoms with Crippen molar-refractivity contribution in [3.05, 3.63) is 75.0 Å². The number of piperidine rings is 1. The van der Waals surface area contributed by atoms with Crippen molar-refractivity contribution in [3.63, 3.8) is 0 Å². The second kappa shape index (κ2) is 20.3. The Labute approximate surface area is 351 Å². The lowest BCUT2D eigenvalue weighted by Gasteiger charge is -2.47. The van der Waals surface area contributed by atoms with Crippen molar-refractivity contribution in [3.8, 4) is 11.5 Å². The molecule has 0 unspecified atom stereocenters. The van der Waals surface area contributed by atoms with Gasteiger partial charge in [0.15, 0.2) is 18.1 Å². The van der Waals surface area contributed by atoms with E-state index in [9.17, 15) is 24.3 Å². The molecule has 318 valence electrons. The number of ether oxygens (including phenoxy) is 3. The molecule has 4 aliphatic rings. The summed E-state index contributed by atoms with van der Waals surface area (Å²) >= 11 is 1.27. The highest BCUT2D eigenvalue weighted by Crippen LogP contribution is 2.39. The smallest absolute Gasteiger partial charge is 0.264 e. The minimum Gasteiger partial charge on any atom is -0.506 e. The van der Waals surface area contributed by atoms with E-state index in [0.29, 0.717) is 86.6 Å². The third-order valence-corrected chi connectivity index (χ3v) is 13.3. The van der Waals surface area contributed by atoms with Crippen LogP contribution in [0.15, 0.2) is 48.5 Å². The predicted octanol–water partition coefficient (Wildman–Crippen LogP) is 5.44. The molecule has 59 heavy (non-hydrogen) atoms. The minimum absolute atomic E-state index is 0.00832. The number of aromatic hydroxyl groups is 1. The molecule has 0 radical (unpaired) electrons. The van der Waals surface area contributed by atoms with Crippen LogP contribution in [0, 0.1) is 0 Å². The molecule has 1 saturated carbocycles.